The van der Waals surface area contributed by atoms with Gasteiger partial charge in [-0.05, 0) is 25.2 Å². The summed E-state index contributed by atoms with van der Waals surface area (Å²) in [4.78, 5) is 4.14. The van der Waals surface area contributed by atoms with Gasteiger partial charge in [0.1, 0.15) is 12.4 Å². The lowest BCUT2D eigenvalue weighted by Crippen LogP contribution is -2.28. The average Bonchev–Trinajstić information content (AvgIpc) is 2.69. The molecule has 3 nitrogen and oxygen atoms in total. The predicted octanol–water partition coefficient (Wildman–Crippen LogP) is 3.37. The van der Waals surface area contributed by atoms with Crippen molar-refractivity contribution in [2.24, 2.45) is 5.92 Å². The number of aromatic nitrogens is 1. The van der Waals surface area contributed by atoms with Crippen LogP contribution in [0.15, 0.2) is 10.7 Å². The minimum atomic E-state index is 0.251. The maximum Gasteiger partial charge on any atom is 0.394 e. The second-order valence-electron chi connectivity index (χ2n) is 4.16. The van der Waals surface area contributed by atoms with Crippen LogP contribution in [0.5, 0.6) is 6.08 Å². The van der Waals surface area contributed by atoms with Gasteiger partial charge in [-0.25, -0.2) is 0 Å². The third kappa shape index (κ3) is 2.65. The highest BCUT2D eigenvalue weighted by atomic mass is 35.5. The fourth-order valence-electron chi connectivity index (χ4n) is 1.99. The molecular formula is C11H16ClNO2. The molecule has 0 radical (unpaired) electrons. The van der Waals surface area contributed by atoms with Crippen LogP contribution in [-0.2, 0) is 5.88 Å². The summed E-state index contributed by atoms with van der Waals surface area (Å²) in [6.45, 7) is 2.22. The van der Waals surface area contributed by atoms with E-state index in [-0.39, 0.29) is 6.10 Å². The highest BCUT2D eigenvalue weighted by Crippen LogP contribution is 2.27. The van der Waals surface area contributed by atoms with E-state index in [9.17, 15) is 0 Å². The van der Waals surface area contributed by atoms with Crippen molar-refractivity contribution in [1.29, 1.82) is 0 Å². The van der Waals surface area contributed by atoms with Gasteiger partial charge in [0.25, 0.3) is 0 Å². The van der Waals surface area contributed by atoms with Crippen molar-refractivity contribution in [2.75, 3.05) is 0 Å². The van der Waals surface area contributed by atoms with Gasteiger partial charge >= 0.3 is 6.08 Å². The second-order valence-corrected chi connectivity index (χ2v) is 4.42. The van der Waals surface area contributed by atoms with Gasteiger partial charge < -0.3 is 9.15 Å². The zero-order valence-electron chi connectivity index (χ0n) is 8.91. The number of hydrogen-bond acceptors (Lipinski definition) is 3. The lowest BCUT2D eigenvalue weighted by atomic mass is 9.88. The number of nitrogens with zero attached hydrogens (tertiary/aromatic N) is 1. The molecule has 1 heterocycles. The third-order valence-electron chi connectivity index (χ3n) is 2.95. The Morgan fingerprint density at radius 3 is 3.00 bits per heavy atom. The van der Waals surface area contributed by atoms with E-state index >= 15 is 0 Å². The van der Waals surface area contributed by atoms with Gasteiger partial charge in [-0.3, -0.25) is 0 Å². The monoisotopic (exact) mass is 229 g/mol. The van der Waals surface area contributed by atoms with Gasteiger partial charge in [0.15, 0.2) is 0 Å². The Morgan fingerprint density at radius 1 is 1.53 bits per heavy atom. The molecule has 1 aliphatic carbocycles. The largest absolute Gasteiger partial charge is 0.447 e. The van der Waals surface area contributed by atoms with Crippen molar-refractivity contribution in [3.05, 3.63) is 12.0 Å². The fraction of sp³-hybridized carbons (Fsp3) is 0.727. The van der Waals surface area contributed by atoms with Crippen LogP contribution >= 0.6 is 11.6 Å². The number of ether oxygens (including phenoxy) is 1. The van der Waals surface area contributed by atoms with Crippen molar-refractivity contribution in [2.45, 2.75) is 44.6 Å². The Kier molecular flexibility index (Phi) is 3.52. The van der Waals surface area contributed by atoms with Crippen LogP contribution in [0.25, 0.3) is 0 Å². The summed E-state index contributed by atoms with van der Waals surface area (Å²) in [7, 11) is 0. The summed E-state index contributed by atoms with van der Waals surface area (Å²) in [5.41, 5.74) is 0.732. The Bertz CT molecular complexity index is 313. The van der Waals surface area contributed by atoms with Gasteiger partial charge in [-0.15, -0.1) is 11.6 Å². The van der Waals surface area contributed by atoms with E-state index in [2.05, 4.69) is 11.9 Å². The first-order chi connectivity index (χ1) is 7.29. The third-order valence-corrected chi connectivity index (χ3v) is 3.23. The lowest BCUT2D eigenvalue weighted by molar-refractivity contribution is 0.0707. The van der Waals surface area contributed by atoms with Crippen LogP contribution in [0.1, 0.15) is 38.3 Å². The van der Waals surface area contributed by atoms with E-state index in [4.69, 9.17) is 20.8 Å². The molecule has 4 heteroatoms. The van der Waals surface area contributed by atoms with Gasteiger partial charge in [0.2, 0.25) is 0 Å². The van der Waals surface area contributed by atoms with Gasteiger partial charge in [0.05, 0.1) is 11.6 Å². The zero-order chi connectivity index (χ0) is 10.7. The molecule has 1 aromatic rings. The lowest BCUT2D eigenvalue weighted by Gasteiger charge is -2.27. The van der Waals surface area contributed by atoms with Crippen LogP contribution in [0.3, 0.4) is 0 Å². The molecule has 15 heavy (non-hydrogen) atoms. The number of halogens is 1. The van der Waals surface area contributed by atoms with E-state index in [0.29, 0.717) is 17.9 Å². The van der Waals surface area contributed by atoms with Crippen molar-refractivity contribution in [1.82, 2.24) is 4.98 Å². The first-order valence-electron chi connectivity index (χ1n) is 5.46. The summed E-state index contributed by atoms with van der Waals surface area (Å²) in [5.74, 6) is 0.956. The molecule has 2 rings (SSSR count). The highest BCUT2D eigenvalue weighted by Gasteiger charge is 2.24. The topological polar surface area (TPSA) is 35.3 Å². The molecule has 0 N–H and O–H groups in total. The highest BCUT2D eigenvalue weighted by molar-refractivity contribution is 6.16. The van der Waals surface area contributed by atoms with Crippen molar-refractivity contribution >= 4 is 11.6 Å². The first kappa shape index (κ1) is 10.8. The van der Waals surface area contributed by atoms with E-state index in [1.807, 2.05) is 0 Å². The van der Waals surface area contributed by atoms with E-state index in [1.165, 1.54) is 19.3 Å². The molecule has 1 fully saturated rings. The molecule has 1 saturated carbocycles. The van der Waals surface area contributed by atoms with Crippen LogP contribution in [-0.4, -0.2) is 11.1 Å². The number of oxazole rings is 1. The van der Waals surface area contributed by atoms with Gasteiger partial charge in [0, 0.05) is 0 Å². The second kappa shape index (κ2) is 4.88. The maximum absolute atomic E-state index is 5.71. The first-order valence-corrected chi connectivity index (χ1v) is 6.00. The fourth-order valence-corrected chi connectivity index (χ4v) is 2.11. The summed E-state index contributed by atoms with van der Waals surface area (Å²) >= 11 is 5.63. The molecule has 0 bridgehead atoms. The molecule has 84 valence electrons. The number of rotatable bonds is 3. The molecule has 0 amide bonds. The Morgan fingerprint density at radius 2 is 2.33 bits per heavy atom. The van der Waals surface area contributed by atoms with Gasteiger partial charge in [-0.1, -0.05) is 13.3 Å². The minimum Gasteiger partial charge on any atom is -0.447 e. The Labute approximate surface area is 94.8 Å². The Hall–Kier alpha value is -0.700. The van der Waals surface area contributed by atoms with E-state index < -0.39 is 0 Å². The van der Waals surface area contributed by atoms with E-state index in [0.717, 1.165) is 12.1 Å². The SMILES string of the molecule is CC1CCCCC1Oc1nc(CCl)co1. The Balaban J connectivity index is 1.95. The molecule has 0 spiro atoms. The number of hydrogen-bond donors (Lipinski definition) is 0. The van der Waals surface area contributed by atoms with Crippen LogP contribution in [0, 0.1) is 5.92 Å². The minimum absolute atomic E-state index is 0.251. The summed E-state index contributed by atoms with van der Waals surface area (Å²) < 4.78 is 10.9. The molecule has 2 unspecified atom stereocenters. The normalized spacial score (nSPS) is 26.5. The standard InChI is InChI=1S/C11H16ClNO2/c1-8-4-2-3-5-10(8)15-11-13-9(6-12)7-14-11/h7-8,10H,2-6H2,1H3. The molecule has 1 aliphatic rings. The van der Waals surface area contributed by atoms with Crippen LogP contribution in [0.2, 0.25) is 0 Å². The number of alkyl halides is 1. The average molecular weight is 230 g/mol. The molecule has 2 atom stereocenters. The van der Waals surface area contributed by atoms with Crippen LogP contribution in [0.4, 0.5) is 0 Å². The molecule has 0 aromatic carbocycles. The smallest absolute Gasteiger partial charge is 0.394 e. The quantitative estimate of drug-likeness (QED) is 0.746. The van der Waals surface area contributed by atoms with E-state index in [1.54, 1.807) is 6.26 Å². The van der Waals surface area contributed by atoms with Crippen molar-refractivity contribution in [3.8, 4) is 6.08 Å². The summed E-state index contributed by atoms with van der Waals surface area (Å²) in [6.07, 6.45) is 7.03. The molecule has 0 saturated heterocycles. The predicted molar refractivity (Wildman–Crippen MR) is 58.1 cm³/mol. The van der Waals surface area contributed by atoms with Crippen molar-refractivity contribution in [3.63, 3.8) is 0 Å². The van der Waals surface area contributed by atoms with Crippen LogP contribution < -0.4 is 4.74 Å². The molecule has 1 aromatic heterocycles. The molecular weight excluding hydrogens is 214 g/mol. The zero-order valence-corrected chi connectivity index (χ0v) is 9.67. The maximum atomic E-state index is 5.71. The summed E-state index contributed by atoms with van der Waals surface area (Å²) in [5, 5.41) is 0. The molecule has 0 aliphatic heterocycles. The summed E-state index contributed by atoms with van der Waals surface area (Å²) in [6, 6.07) is 0. The van der Waals surface area contributed by atoms with Gasteiger partial charge in [-0.2, -0.15) is 4.98 Å². The van der Waals surface area contributed by atoms with Crippen molar-refractivity contribution < 1.29 is 9.15 Å².